The Bertz CT molecular complexity index is 1250. The van der Waals surface area contributed by atoms with E-state index in [1.54, 1.807) is 17.2 Å². The van der Waals surface area contributed by atoms with Crippen molar-refractivity contribution >= 4 is 34.7 Å². The van der Waals surface area contributed by atoms with Crippen LogP contribution >= 0.6 is 11.6 Å². The highest BCUT2D eigenvalue weighted by atomic mass is 35.5. The molecule has 2 aliphatic rings. The third-order valence-electron chi connectivity index (χ3n) is 5.70. The van der Waals surface area contributed by atoms with Crippen LogP contribution in [0.2, 0.25) is 5.02 Å². The number of carbonyl (C=O) groups is 2. The molecule has 1 atom stereocenters. The van der Waals surface area contributed by atoms with Crippen LogP contribution in [0, 0.1) is 11.7 Å². The molecule has 0 bridgehead atoms. The lowest BCUT2D eigenvalue weighted by Gasteiger charge is -2.29. The fraction of sp³-hybridized carbons (Fsp3) is 0.300. The lowest BCUT2D eigenvalue weighted by Crippen LogP contribution is -2.43. The van der Waals surface area contributed by atoms with Crippen LogP contribution in [0.5, 0.6) is 0 Å². The van der Waals surface area contributed by atoms with E-state index < -0.39 is 11.7 Å². The van der Waals surface area contributed by atoms with Crippen molar-refractivity contribution in [3.05, 3.63) is 62.9 Å². The molecule has 2 aromatic heterocycles. The minimum Gasteiger partial charge on any atom is -0.336 e. The molecule has 0 aliphatic carbocycles. The Labute approximate surface area is 174 Å². The maximum Gasteiger partial charge on any atom is 0.276 e. The van der Waals surface area contributed by atoms with Crippen molar-refractivity contribution in [1.29, 1.82) is 0 Å². The molecule has 5 rings (SSSR count). The van der Waals surface area contributed by atoms with E-state index in [1.165, 1.54) is 27.6 Å². The van der Waals surface area contributed by atoms with E-state index in [4.69, 9.17) is 11.6 Å². The fourth-order valence-corrected chi connectivity index (χ4v) is 4.33. The van der Waals surface area contributed by atoms with Crippen molar-refractivity contribution < 1.29 is 14.0 Å². The molecule has 154 valence electrons. The summed E-state index contributed by atoms with van der Waals surface area (Å²) in [6, 6.07) is 5.76. The Morgan fingerprint density at radius 2 is 2.10 bits per heavy atom. The summed E-state index contributed by atoms with van der Waals surface area (Å²) >= 11 is 5.83. The fourth-order valence-electron chi connectivity index (χ4n) is 4.15. The van der Waals surface area contributed by atoms with E-state index in [2.05, 4.69) is 10.1 Å². The molecule has 0 spiro atoms. The van der Waals surface area contributed by atoms with Gasteiger partial charge in [-0.2, -0.15) is 0 Å². The third kappa shape index (κ3) is 2.97. The minimum atomic E-state index is -0.563. The minimum absolute atomic E-state index is 0.0730. The topological polar surface area (TPSA) is 90.8 Å². The van der Waals surface area contributed by atoms with Crippen molar-refractivity contribution in [2.24, 2.45) is 5.92 Å². The lowest BCUT2D eigenvalue weighted by molar-refractivity contribution is -0.136. The standard InChI is InChI=1S/C20H17ClFN5O3/c21-14-8-12(1-2-15(14)22)26-9-11(7-18(26)28)19(29)25-6-4-13-16(10-25)24-17-3-5-23-27(17)20(13)30/h1-3,5,8,11,23H,4,6-7,9-10H2/t11-/m1/s1. The number of aromatic nitrogens is 3. The van der Waals surface area contributed by atoms with E-state index in [9.17, 15) is 18.8 Å². The van der Waals surface area contributed by atoms with Crippen molar-refractivity contribution in [2.45, 2.75) is 19.4 Å². The number of benzene rings is 1. The molecule has 2 amide bonds. The molecule has 1 saturated heterocycles. The SMILES string of the molecule is O=C([C@@H]1CC(=O)N(c2ccc(F)c(Cl)c2)C1)N1CCc2c(nc3cc[nH]n3c2=O)C1. The largest absolute Gasteiger partial charge is 0.336 e. The average Bonchev–Trinajstić information content (AvgIpc) is 3.36. The Kier molecular flexibility index (Phi) is 4.35. The molecule has 1 N–H and O–H groups in total. The first-order chi connectivity index (χ1) is 14.4. The first-order valence-electron chi connectivity index (χ1n) is 9.54. The summed E-state index contributed by atoms with van der Waals surface area (Å²) in [5.74, 6) is -1.44. The molecule has 3 aromatic rings. The second-order valence-corrected chi connectivity index (χ2v) is 7.92. The summed E-state index contributed by atoms with van der Waals surface area (Å²) in [6.07, 6.45) is 2.12. The van der Waals surface area contributed by atoms with E-state index in [0.717, 1.165) is 0 Å². The van der Waals surface area contributed by atoms with Gasteiger partial charge >= 0.3 is 0 Å². The van der Waals surface area contributed by atoms with Gasteiger partial charge in [-0.25, -0.2) is 13.9 Å². The Morgan fingerprint density at radius 1 is 1.27 bits per heavy atom. The van der Waals surface area contributed by atoms with Gasteiger partial charge in [0, 0.05) is 43.0 Å². The van der Waals surface area contributed by atoms with Crippen molar-refractivity contribution in [3.63, 3.8) is 0 Å². The number of fused-ring (bicyclic) bond motifs is 2. The smallest absolute Gasteiger partial charge is 0.276 e. The van der Waals surface area contributed by atoms with Gasteiger partial charge in [0.05, 0.1) is 23.2 Å². The van der Waals surface area contributed by atoms with Gasteiger partial charge in [0.25, 0.3) is 5.56 Å². The van der Waals surface area contributed by atoms with Crippen LogP contribution in [0.25, 0.3) is 5.65 Å². The van der Waals surface area contributed by atoms with Crippen LogP contribution in [0.1, 0.15) is 17.7 Å². The molecule has 0 radical (unpaired) electrons. The molecular weight excluding hydrogens is 413 g/mol. The zero-order valence-electron chi connectivity index (χ0n) is 15.8. The Morgan fingerprint density at radius 3 is 2.90 bits per heavy atom. The molecule has 10 heteroatoms. The quantitative estimate of drug-likeness (QED) is 0.672. The normalized spacial score (nSPS) is 18.9. The van der Waals surface area contributed by atoms with Gasteiger partial charge in [0.2, 0.25) is 11.8 Å². The maximum absolute atomic E-state index is 13.4. The molecule has 1 aromatic carbocycles. The third-order valence-corrected chi connectivity index (χ3v) is 5.99. The van der Waals surface area contributed by atoms with Crippen LogP contribution in [-0.4, -0.2) is 44.4 Å². The second kappa shape index (κ2) is 6.94. The van der Waals surface area contributed by atoms with Gasteiger partial charge in [-0.3, -0.25) is 19.5 Å². The highest BCUT2D eigenvalue weighted by molar-refractivity contribution is 6.31. The number of rotatable bonds is 2. The number of nitrogens with one attached hydrogen (secondary N) is 1. The van der Waals surface area contributed by atoms with E-state index in [0.29, 0.717) is 35.6 Å². The zero-order valence-corrected chi connectivity index (χ0v) is 16.5. The number of nitrogens with zero attached hydrogens (tertiary/aromatic N) is 4. The van der Waals surface area contributed by atoms with Gasteiger partial charge in [0.1, 0.15) is 5.82 Å². The van der Waals surface area contributed by atoms with Crippen LogP contribution in [-0.2, 0) is 22.6 Å². The zero-order chi connectivity index (χ0) is 21.0. The van der Waals surface area contributed by atoms with Gasteiger partial charge < -0.3 is 9.80 Å². The van der Waals surface area contributed by atoms with E-state index in [1.807, 2.05) is 0 Å². The number of H-pyrrole nitrogens is 1. The summed E-state index contributed by atoms with van der Waals surface area (Å²) in [7, 11) is 0. The predicted molar refractivity (Wildman–Crippen MR) is 107 cm³/mol. The highest BCUT2D eigenvalue weighted by Crippen LogP contribution is 2.30. The number of hydrogen-bond donors (Lipinski definition) is 1. The van der Waals surface area contributed by atoms with Gasteiger partial charge in [-0.05, 0) is 24.6 Å². The molecule has 0 saturated carbocycles. The summed E-state index contributed by atoms with van der Waals surface area (Å²) in [5, 5.41) is 2.76. The first kappa shape index (κ1) is 18.8. The summed E-state index contributed by atoms with van der Waals surface area (Å²) in [6.45, 7) is 0.830. The molecule has 8 nitrogen and oxygen atoms in total. The summed E-state index contributed by atoms with van der Waals surface area (Å²) in [5.41, 5.74) is 2.01. The molecule has 2 aliphatic heterocycles. The lowest BCUT2D eigenvalue weighted by atomic mass is 10.0. The number of carbonyl (C=O) groups excluding carboxylic acids is 2. The van der Waals surface area contributed by atoms with Crippen LogP contribution in [0.4, 0.5) is 10.1 Å². The average molecular weight is 430 g/mol. The Hall–Kier alpha value is -3.20. The number of aromatic amines is 1. The molecule has 4 heterocycles. The van der Waals surface area contributed by atoms with E-state index >= 15 is 0 Å². The molecule has 1 fully saturated rings. The number of halogens is 2. The highest BCUT2D eigenvalue weighted by Gasteiger charge is 2.38. The van der Waals surface area contributed by atoms with Gasteiger partial charge in [-0.15, -0.1) is 0 Å². The number of amides is 2. The maximum atomic E-state index is 13.4. The van der Waals surface area contributed by atoms with Crippen molar-refractivity contribution in [1.82, 2.24) is 19.5 Å². The molecule has 30 heavy (non-hydrogen) atoms. The number of anilines is 1. The second-order valence-electron chi connectivity index (χ2n) is 7.51. The van der Waals surface area contributed by atoms with E-state index in [-0.39, 0.29) is 41.9 Å². The Balaban J connectivity index is 1.35. The predicted octanol–water partition coefficient (Wildman–Crippen LogP) is 1.75. The summed E-state index contributed by atoms with van der Waals surface area (Å²) in [4.78, 5) is 45.8. The summed E-state index contributed by atoms with van der Waals surface area (Å²) < 4.78 is 14.8. The van der Waals surface area contributed by atoms with Crippen LogP contribution in [0.15, 0.2) is 35.3 Å². The van der Waals surface area contributed by atoms with Crippen molar-refractivity contribution in [2.75, 3.05) is 18.0 Å². The van der Waals surface area contributed by atoms with Crippen molar-refractivity contribution in [3.8, 4) is 0 Å². The van der Waals surface area contributed by atoms with Gasteiger partial charge in [0.15, 0.2) is 5.65 Å². The monoisotopic (exact) mass is 429 g/mol. The van der Waals surface area contributed by atoms with Crippen LogP contribution < -0.4 is 10.5 Å². The molecular formula is C20H17ClFN5O3. The first-order valence-corrected chi connectivity index (χ1v) is 9.92. The number of hydrogen-bond acceptors (Lipinski definition) is 4. The van der Waals surface area contributed by atoms with Crippen LogP contribution in [0.3, 0.4) is 0 Å². The molecule has 0 unspecified atom stereocenters. The van der Waals surface area contributed by atoms with Gasteiger partial charge in [-0.1, -0.05) is 11.6 Å².